The highest BCUT2D eigenvalue weighted by Gasteiger charge is 2.41. The van der Waals surface area contributed by atoms with E-state index in [1.165, 1.54) is 6.07 Å². The number of nitrogens with one attached hydrogen (secondary N) is 1. The number of pyridine rings is 1. The zero-order chi connectivity index (χ0) is 21.2. The summed E-state index contributed by atoms with van der Waals surface area (Å²) in [6.45, 7) is 6.08. The van der Waals surface area contributed by atoms with Gasteiger partial charge in [-0.3, -0.25) is 9.78 Å². The quantitative estimate of drug-likeness (QED) is 0.539. The molecular weight excluding hydrogens is 382 g/mol. The molecule has 1 unspecified atom stereocenters. The van der Waals surface area contributed by atoms with Crippen LogP contribution in [0.2, 0.25) is 0 Å². The van der Waals surface area contributed by atoms with Gasteiger partial charge in [0.2, 0.25) is 0 Å². The largest absolute Gasteiger partial charge is 0.358 e. The Labute approximate surface area is 173 Å². The van der Waals surface area contributed by atoms with E-state index in [0.29, 0.717) is 17.6 Å². The molecule has 5 heteroatoms. The number of carbonyl (C=O) groups is 1. The van der Waals surface area contributed by atoms with E-state index in [2.05, 4.69) is 24.1 Å². The van der Waals surface area contributed by atoms with Crippen molar-refractivity contribution in [2.75, 3.05) is 5.32 Å². The number of aryl methyl sites for hydroxylation is 1. The molecule has 30 heavy (non-hydrogen) atoms. The number of hydrogen-bond donors (Lipinski definition) is 1. The first kappa shape index (κ1) is 18.9. The van der Waals surface area contributed by atoms with Gasteiger partial charge in [0.25, 0.3) is 0 Å². The number of halogens is 2. The van der Waals surface area contributed by atoms with Gasteiger partial charge in [-0.2, -0.15) is 0 Å². The predicted molar refractivity (Wildman–Crippen MR) is 113 cm³/mol. The van der Waals surface area contributed by atoms with E-state index in [9.17, 15) is 13.6 Å². The molecule has 0 fully saturated rings. The molecular formula is C25H22F2N2O. The number of Topliss-reactive ketones (excluding diaryl/α,β-unsaturated/α-hetero) is 1. The van der Waals surface area contributed by atoms with E-state index in [1.807, 2.05) is 31.2 Å². The van der Waals surface area contributed by atoms with Crippen LogP contribution < -0.4 is 5.32 Å². The molecule has 1 N–H and O–H groups in total. The molecule has 1 aromatic heterocycles. The SMILES string of the molecule is Cc1ccc2c3c(ccc2n1)NC1=C(C(=O)CC(C)(C)C1)C3c1ccc(F)c(F)c1. The first-order chi connectivity index (χ1) is 14.2. The number of nitrogens with zero attached hydrogens (tertiary/aromatic N) is 1. The van der Waals surface area contributed by atoms with Crippen molar-refractivity contribution in [3.63, 3.8) is 0 Å². The van der Waals surface area contributed by atoms with Crippen molar-refractivity contribution in [3.8, 4) is 0 Å². The number of carbonyl (C=O) groups excluding carboxylic acids is 1. The van der Waals surface area contributed by atoms with E-state index >= 15 is 0 Å². The van der Waals surface area contributed by atoms with Crippen LogP contribution in [0.25, 0.3) is 10.9 Å². The zero-order valence-electron chi connectivity index (χ0n) is 17.1. The van der Waals surface area contributed by atoms with Gasteiger partial charge in [0.05, 0.1) is 5.52 Å². The first-order valence-electron chi connectivity index (χ1n) is 10.1. The molecule has 3 aromatic rings. The van der Waals surface area contributed by atoms with Crippen molar-refractivity contribution in [3.05, 3.63) is 82.2 Å². The van der Waals surface area contributed by atoms with E-state index < -0.39 is 17.6 Å². The molecule has 0 bridgehead atoms. The molecule has 2 aromatic carbocycles. The normalized spacial score (nSPS) is 20.0. The van der Waals surface area contributed by atoms with Gasteiger partial charge in [0.15, 0.2) is 17.4 Å². The molecule has 152 valence electrons. The Balaban J connectivity index is 1.82. The third kappa shape index (κ3) is 2.92. The topological polar surface area (TPSA) is 42.0 Å². The van der Waals surface area contributed by atoms with Gasteiger partial charge < -0.3 is 5.32 Å². The lowest BCUT2D eigenvalue weighted by molar-refractivity contribution is -0.118. The maximum absolute atomic E-state index is 14.2. The Morgan fingerprint density at radius 2 is 1.83 bits per heavy atom. The molecule has 1 atom stereocenters. The van der Waals surface area contributed by atoms with Crippen LogP contribution in [0.3, 0.4) is 0 Å². The fraction of sp³-hybridized carbons (Fsp3) is 0.280. The second kappa shape index (κ2) is 6.46. The molecule has 0 amide bonds. The van der Waals surface area contributed by atoms with Crippen LogP contribution in [0.15, 0.2) is 53.7 Å². The molecule has 1 aliphatic heterocycles. The third-order valence-electron chi connectivity index (χ3n) is 6.11. The molecule has 1 aliphatic carbocycles. The summed E-state index contributed by atoms with van der Waals surface area (Å²) in [5.74, 6) is -2.23. The lowest BCUT2D eigenvalue weighted by Crippen LogP contribution is -2.34. The van der Waals surface area contributed by atoms with Crippen molar-refractivity contribution >= 4 is 22.4 Å². The van der Waals surface area contributed by atoms with Crippen LogP contribution in [0.4, 0.5) is 14.5 Å². The maximum Gasteiger partial charge on any atom is 0.162 e. The summed E-state index contributed by atoms with van der Waals surface area (Å²) in [5.41, 5.74) is 5.42. The number of rotatable bonds is 1. The Kier molecular flexibility index (Phi) is 4.07. The smallest absolute Gasteiger partial charge is 0.162 e. The molecule has 5 rings (SSSR count). The lowest BCUT2D eigenvalue weighted by Gasteiger charge is -2.40. The molecule has 3 nitrogen and oxygen atoms in total. The van der Waals surface area contributed by atoms with Crippen LogP contribution >= 0.6 is 0 Å². The fourth-order valence-corrected chi connectivity index (χ4v) is 4.86. The van der Waals surface area contributed by atoms with Crippen molar-refractivity contribution in [2.24, 2.45) is 5.41 Å². The minimum absolute atomic E-state index is 0.0474. The molecule has 0 radical (unpaired) electrons. The fourth-order valence-electron chi connectivity index (χ4n) is 4.86. The zero-order valence-corrected chi connectivity index (χ0v) is 17.1. The average Bonchev–Trinajstić information content (AvgIpc) is 2.67. The van der Waals surface area contributed by atoms with Crippen LogP contribution in [0.1, 0.15) is 49.4 Å². The van der Waals surface area contributed by atoms with E-state index in [1.54, 1.807) is 6.07 Å². The Hall–Kier alpha value is -3.08. The molecule has 2 heterocycles. The summed E-state index contributed by atoms with van der Waals surface area (Å²) in [7, 11) is 0. The summed E-state index contributed by atoms with van der Waals surface area (Å²) in [6, 6.07) is 11.8. The Bertz CT molecular complexity index is 1260. The average molecular weight is 404 g/mol. The second-order valence-electron chi connectivity index (χ2n) is 9.11. The molecule has 0 saturated heterocycles. The standard InChI is InChI=1S/C25H22F2N2O/c1-13-4-6-15-18(28-13)8-9-19-23(15)22(14-5-7-16(26)17(27)10-14)24-20(29-19)11-25(2,3)12-21(24)30/h4-10,22,29H,11-12H2,1-3H3. The van der Waals surface area contributed by atoms with E-state index in [0.717, 1.165) is 46.0 Å². The van der Waals surface area contributed by atoms with Gasteiger partial charge in [0.1, 0.15) is 0 Å². The minimum atomic E-state index is -0.910. The first-order valence-corrected chi connectivity index (χ1v) is 10.1. The number of fused-ring (bicyclic) bond motifs is 3. The Morgan fingerprint density at radius 1 is 1.03 bits per heavy atom. The van der Waals surface area contributed by atoms with E-state index in [-0.39, 0.29) is 11.2 Å². The second-order valence-corrected chi connectivity index (χ2v) is 9.11. The van der Waals surface area contributed by atoms with E-state index in [4.69, 9.17) is 0 Å². The van der Waals surface area contributed by atoms with Crippen molar-refractivity contribution < 1.29 is 13.6 Å². The van der Waals surface area contributed by atoms with Crippen molar-refractivity contribution in [2.45, 2.75) is 39.5 Å². The van der Waals surface area contributed by atoms with Crippen molar-refractivity contribution in [1.82, 2.24) is 4.98 Å². The van der Waals surface area contributed by atoms with Crippen LogP contribution in [-0.4, -0.2) is 10.8 Å². The van der Waals surface area contributed by atoms with Gasteiger partial charge in [-0.05, 0) is 60.2 Å². The van der Waals surface area contributed by atoms with Gasteiger partial charge in [-0.25, -0.2) is 8.78 Å². The number of allylic oxidation sites excluding steroid dienone is 2. The predicted octanol–water partition coefficient (Wildman–Crippen LogP) is 6.02. The molecule has 0 saturated carbocycles. The number of ketones is 1. The summed E-state index contributed by atoms with van der Waals surface area (Å²) in [6.07, 6.45) is 1.14. The third-order valence-corrected chi connectivity index (χ3v) is 6.11. The Morgan fingerprint density at radius 3 is 2.60 bits per heavy atom. The summed E-state index contributed by atoms with van der Waals surface area (Å²) < 4.78 is 27.9. The lowest BCUT2D eigenvalue weighted by atomic mass is 9.68. The summed E-state index contributed by atoms with van der Waals surface area (Å²) in [5, 5.41) is 4.39. The van der Waals surface area contributed by atoms with Crippen LogP contribution in [-0.2, 0) is 4.79 Å². The minimum Gasteiger partial charge on any atom is -0.358 e. The van der Waals surface area contributed by atoms with Gasteiger partial charge in [0, 0.05) is 40.4 Å². The van der Waals surface area contributed by atoms with Crippen LogP contribution in [0, 0.1) is 24.0 Å². The van der Waals surface area contributed by atoms with Gasteiger partial charge in [-0.1, -0.05) is 26.0 Å². The number of anilines is 1. The van der Waals surface area contributed by atoms with Gasteiger partial charge in [-0.15, -0.1) is 0 Å². The maximum atomic E-state index is 14.2. The summed E-state index contributed by atoms with van der Waals surface area (Å²) >= 11 is 0. The molecule has 2 aliphatic rings. The van der Waals surface area contributed by atoms with Crippen molar-refractivity contribution in [1.29, 1.82) is 0 Å². The highest BCUT2D eigenvalue weighted by atomic mass is 19.2. The van der Waals surface area contributed by atoms with Crippen LogP contribution in [0.5, 0.6) is 0 Å². The van der Waals surface area contributed by atoms with Gasteiger partial charge >= 0.3 is 0 Å². The number of benzene rings is 2. The monoisotopic (exact) mass is 404 g/mol. The molecule has 0 spiro atoms. The number of hydrogen-bond acceptors (Lipinski definition) is 3. The summed E-state index contributed by atoms with van der Waals surface area (Å²) in [4.78, 5) is 17.9. The number of aromatic nitrogens is 1. The highest BCUT2D eigenvalue weighted by molar-refractivity contribution is 6.04. The highest BCUT2D eigenvalue weighted by Crippen LogP contribution is 2.50.